The zero-order valence-electron chi connectivity index (χ0n) is 12.0. The van der Waals surface area contributed by atoms with Crippen molar-refractivity contribution in [3.05, 3.63) is 0 Å². The first-order valence-electron chi connectivity index (χ1n) is 7.68. The number of amides is 1. The standard InChI is InChI=1S/C15H28N2O.H2/c1-3-12-4-6-14(7-5-12)16-15(18)13-8-10-17(2)11-9-13;/h12-14H,3-11H2,1-2H3,(H,16,18);1H. The number of hydrogen-bond acceptors (Lipinski definition) is 2. The van der Waals surface area contributed by atoms with Crippen molar-refractivity contribution in [3.63, 3.8) is 0 Å². The van der Waals surface area contributed by atoms with Gasteiger partial charge in [-0.25, -0.2) is 0 Å². The molecule has 2 aliphatic rings. The van der Waals surface area contributed by atoms with E-state index in [4.69, 9.17) is 0 Å². The van der Waals surface area contributed by atoms with Crippen molar-refractivity contribution < 1.29 is 6.22 Å². The summed E-state index contributed by atoms with van der Waals surface area (Å²) in [6.07, 6.45) is 8.35. The summed E-state index contributed by atoms with van der Waals surface area (Å²) in [5.41, 5.74) is 0. The molecular formula is C15H30N2O. The van der Waals surface area contributed by atoms with Crippen LogP contribution in [0, 0.1) is 11.8 Å². The molecule has 0 bridgehead atoms. The van der Waals surface area contributed by atoms with E-state index in [2.05, 4.69) is 24.2 Å². The van der Waals surface area contributed by atoms with Gasteiger partial charge in [-0.05, 0) is 64.6 Å². The monoisotopic (exact) mass is 254 g/mol. The summed E-state index contributed by atoms with van der Waals surface area (Å²) in [6, 6.07) is 0.458. The summed E-state index contributed by atoms with van der Waals surface area (Å²) in [5.74, 6) is 1.50. The van der Waals surface area contributed by atoms with Crippen molar-refractivity contribution in [2.75, 3.05) is 20.1 Å². The molecule has 0 unspecified atom stereocenters. The van der Waals surface area contributed by atoms with Crippen LogP contribution in [0.4, 0.5) is 0 Å². The van der Waals surface area contributed by atoms with E-state index in [-0.39, 0.29) is 7.34 Å². The third kappa shape index (κ3) is 3.71. The molecule has 1 aliphatic heterocycles. The zero-order valence-corrected chi connectivity index (χ0v) is 12.0. The van der Waals surface area contributed by atoms with Crippen molar-refractivity contribution >= 4 is 5.91 Å². The molecule has 0 atom stereocenters. The van der Waals surface area contributed by atoms with Crippen LogP contribution >= 0.6 is 0 Å². The van der Waals surface area contributed by atoms with E-state index >= 15 is 0 Å². The molecule has 1 saturated heterocycles. The molecule has 0 aromatic carbocycles. The minimum atomic E-state index is 0. The van der Waals surface area contributed by atoms with Crippen molar-refractivity contribution in [1.82, 2.24) is 10.2 Å². The predicted molar refractivity (Wildman–Crippen MR) is 76.5 cm³/mol. The van der Waals surface area contributed by atoms with Crippen LogP contribution in [0.5, 0.6) is 0 Å². The van der Waals surface area contributed by atoms with Gasteiger partial charge < -0.3 is 10.2 Å². The Morgan fingerprint density at radius 1 is 1.17 bits per heavy atom. The van der Waals surface area contributed by atoms with Crippen LogP contribution in [0.25, 0.3) is 0 Å². The first-order valence-corrected chi connectivity index (χ1v) is 7.68. The van der Waals surface area contributed by atoms with E-state index in [9.17, 15) is 4.79 Å². The van der Waals surface area contributed by atoms with Gasteiger partial charge >= 0.3 is 0 Å². The Labute approximate surface area is 113 Å². The molecule has 1 N–H and O–H groups in total. The maximum absolute atomic E-state index is 12.2. The molecule has 1 saturated carbocycles. The van der Waals surface area contributed by atoms with Crippen molar-refractivity contribution in [3.8, 4) is 0 Å². The molecule has 1 amide bonds. The van der Waals surface area contributed by atoms with Crippen molar-refractivity contribution in [1.29, 1.82) is 0 Å². The Hall–Kier alpha value is -0.570. The van der Waals surface area contributed by atoms with E-state index < -0.39 is 0 Å². The van der Waals surface area contributed by atoms with Crippen LogP contribution in [0.3, 0.4) is 0 Å². The average Bonchev–Trinajstić information content (AvgIpc) is 2.40. The van der Waals surface area contributed by atoms with Gasteiger partial charge in [0.05, 0.1) is 0 Å². The second-order valence-electron chi connectivity index (χ2n) is 6.21. The first kappa shape index (κ1) is 13.9. The number of likely N-dealkylation sites (tertiary alicyclic amines) is 1. The van der Waals surface area contributed by atoms with E-state index in [1.807, 2.05) is 0 Å². The normalized spacial score (nSPS) is 31.2. The molecule has 2 fully saturated rings. The minimum absolute atomic E-state index is 0. The van der Waals surface area contributed by atoms with Crippen LogP contribution in [-0.2, 0) is 4.79 Å². The second kappa shape index (κ2) is 6.55. The predicted octanol–water partition coefficient (Wildman–Crippen LogP) is 2.66. The molecule has 1 aliphatic carbocycles. The van der Waals surface area contributed by atoms with Gasteiger partial charge in [0.1, 0.15) is 0 Å². The smallest absolute Gasteiger partial charge is 0.223 e. The molecule has 0 spiro atoms. The third-order valence-electron chi connectivity index (χ3n) is 4.86. The first-order chi connectivity index (χ1) is 8.69. The number of rotatable bonds is 3. The number of hydrogen-bond donors (Lipinski definition) is 1. The number of carbonyl (C=O) groups excluding carboxylic acids is 1. The van der Waals surface area contributed by atoms with Gasteiger partial charge in [-0.1, -0.05) is 13.3 Å². The van der Waals surface area contributed by atoms with E-state index in [0.717, 1.165) is 31.8 Å². The van der Waals surface area contributed by atoms with Crippen molar-refractivity contribution in [2.45, 2.75) is 57.9 Å². The van der Waals surface area contributed by atoms with Crippen molar-refractivity contribution in [2.24, 2.45) is 11.8 Å². The molecule has 3 nitrogen and oxygen atoms in total. The summed E-state index contributed by atoms with van der Waals surface area (Å²) in [5, 5.41) is 3.29. The third-order valence-corrected chi connectivity index (χ3v) is 4.86. The van der Waals surface area contributed by atoms with E-state index in [1.165, 1.54) is 32.1 Å². The van der Waals surface area contributed by atoms with Crippen LogP contribution in [0.2, 0.25) is 0 Å². The van der Waals surface area contributed by atoms with Crippen LogP contribution in [0.15, 0.2) is 0 Å². The highest BCUT2D eigenvalue weighted by Crippen LogP contribution is 2.27. The molecule has 18 heavy (non-hydrogen) atoms. The molecule has 0 aromatic heterocycles. The quantitative estimate of drug-likeness (QED) is 0.840. The number of nitrogens with zero attached hydrogens (tertiary/aromatic N) is 1. The number of carbonyl (C=O) groups is 1. The summed E-state index contributed by atoms with van der Waals surface area (Å²) in [4.78, 5) is 14.5. The highest BCUT2D eigenvalue weighted by molar-refractivity contribution is 5.79. The minimum Gasteiger partial charge on any atom is -0.353 e. The summed E-state index contributed by atoms with van der Waals surface area (Å²) in [6.45, 7) is 4.42. The van der Waals surface area contributed by atoms with Crippen LogP contribution < -0.4 is 5.32 Å². The van der Waals surface area contributed by atoms with Gasteiger partial charge in [0.2, 0.25) is 5.91 Å². The Bertz CT molecular complexity index is 269. The topological polar surface area (TPSA) is 32.3 Å². The molecule has 2 rings (SSSR count). The van der Waals surface area contributed by atoms with E-state index in [1.54, 1.807) is 0 Å². The van der Waals surface area contributed by atoms with Gasteiger partial charge in [0.15, 0.2) is 0 Å². The SMILES string of the molecule is CCC1CCC(NC(=O)C2CCN(C)CC2)CC1.[HH]. The zero-order chi connectivity index (χ0) is 13.0. The molecule has 106 valence electrons. The summed E-state index contributed by atoms with van der Waals surface area (Å²) >= 11 is 0. The Kier molecular flexibility index (Phi) is 5.04. The largest absolute Gasteiger partial charge is 0.353 e. The molecule has 1 heterocycles. The lowest BCUT2D eigenvalue weighted by Gasteiger charge is -2.32. The van der Waals surface area contributed by atoms with Gasteiger partial charge in [-0.3, -0.25) is 4.79 Å². The highest BCUT2D eigenvalue weighted by atomic mass is 16.1. The number of piperidine rings is 1. The van der Waals surface area contributed by atoms with Gasteiger partial charge in [0.25, 0.3) is 0 Å². The molecular weight excluding hydrogens is 224 g/mol. The second-order valence-corrected chi connectivity index (χ2v) is 6.21. The fourth-order valence-electron chi connectivity index (χ4n) is 3.30. The highest BCUT2D eigenvalue weighted by Gasteiger charge is 2.27. The molecule has 0 radical (unpaired) electrons. The molecule has 3 heteroatoms. The lowest BCUT2D eigenvalue weighted by molar-refractivity contribution is -0.127. The van der Waals surface area contributed by atoms with Crippen LogP contribution in [-0.4, -0.2) is 37.0 Å². The van der Waals surface area contributed by atoms with Gasteiger partial charge in [-0.2, -0.15) is 0 Å². The maximum Gasteiger partial charge on any atom is 0.223 e. The summed E-state index contributed by atoms with van der Waals surface area (Å²) in [7, 11) is 2.14. The Balaban J connectivity index is 0.00000180. The lowest BCUT2D eigenvalue weighted by atomic mass is 9.84. The average molecular weight is 254 g/mol. The Morgan fingerprint density at radius 2 is 1.78 bits per heavy atom. The Morgan fingerprint density at radius 3 is 2.33 bits per heavy atom. The number of nitrogens with one attached hydrogen (secondary N) is 1. The fraction of sp³-hybridized carbons (Fsp3) is 0.933. The molecule has 0 aromatic rings. The maximum atomic E-state index is 12.2. The van der Waals surface area contributed by atoms with Gasteiger partial charge in [-0.15, -0.1) is 0 Å². The van der Waals surface area contributed by atoms with E-state index in [0.29, 0.717) is 11.9 Å². The van der Waals surface area contributed by atoms with Crippen LogP contribution in [0.1, 0.15) is 53.3 Å². The fourth-order valence-corrected chi connectivity index (χ4v) is 3.30. The summed E-state index contributed by atoms with van der Waals surface area (Å²) < 4.78 is 0. The van der Waals surface area contributed by atoms with Gasteiger partial charge in [0, 0.05) is 13.4 Å². The lowest BCUT2D eigenvalue weighted by Crippen LogP contribution is -2.44.